The van der Waals surface area contributed by atoms with Crippen molar-refractivity contribution < 1.29 is 28.7 Å². The van der Waals surface area contributed by atoms with Gasteiger partial charge in [0.2, 0.25) is 0 Å². The largest absolute Gasteiger partial charge is 0.452 e. The molecule has 0 atom stereocenters. The van der Waals surface area contributed by atoms with Gasteiger partial charge in [0.1, 0.15) is 0 Å². The molecule has 0 saturated heterocycles. The molecule has 0 spiro atoms. The van der Waals surface area contributed by atoms with E-state index in [1.54, 1.807) is 24.3 Å². The number of halogens is 1. The summed E-state index contributed by atoms with van der Waals surface area (Å²) in [6.07, 6.45) is 15.8. The minimum atomic E-state index is -0.321. The summed E-state index contributed by atoms with van der Waals surface area (Å²) < 4.78 is 9.44. The molecule has 1 aliphatic heterocycles. The summed E-state index contributed by atoms with van der Waals surface area (Å²) in [6.45, 7) is 0.455. The molecule has 0 N–H and O–H groups in total. The fraction of sp³-hybridized carbons (Fsp3) is 0.462. The highest BCUT2D eigenvalue weighted by Gasteiger charge is 2.34. The minimum Gasteiger partial charge on any atom is -0.452 e. The maximum absolute atomic E-state index is 12.1. The highest BCUT2D eigenvalue weighted by Crippen LogP contribution is 2.22. The van der Waals surface area contributed by atoms with Crippen LogP contribution in [0, 0.1) is 24.7 Å². The van der Waals surface area contributed by atoms with Crippen molar-refractivity contribution in [1.29, 1.82) is 0 Å². The number of hydrogen-bond donors (Lipinski definition) is 0. The standard InChI is InChI=1S/C17H17NO4.C9H13BrO2/c1-2-12-22-15(19)10-4-3-7-11-18-16(20)13-8-5-6-9-14(13)17(18)21;1-2-8-12-9(11)6-4-3-5-7-10/h1,5-6,8-9H,3-4,7,10-12H2;1H,3-8H2. The van der Waals surface area contributed by atoms with E-state index < -0.39 is 0 Å². The molecule has 0 aromatic heterocycles. The van der Waals surface area contributed by atoms with Gasteiger partial charge in [0.05, 0.1) is 11.1 Å². The summed E-state index contributed by atoms with van der Waals surface area (Å²) in [6, 6.07) is 6.82. The second kappa shape index (κ2) is 17.4. The fourth-order valence-electron chi connectivity index (χ4n) is 3.09. The Hall–Kier alpha value is -3.10. The van der Waals surface area contributed by atoms with E-state index in [9.17, 15) is 19.2 Å². The predicted octanol–water partition coefficient (Wildman–Crippen LogP) is 4.14. The van der Waals surface area contributed by atoms with E-state index in [4.69, 9.17) is 17.6 Å². The number of rotatable bonds is 13. The summed E-state index contributed by atoms with van der Waals surface area (Å²) in [5, 5.41) is 0.992. The number of amides is 2. The predicted molar refractivity (Wildman–Crippen MR) is 132 cm³/mol. The number of hydrogen-bond acceptors (Lipinski definition) is 6. The molecule has 0 radical (unpaired) electrons. The SMILES string of the molecule is C#CCOC(=O)CCCCCBr.C#CCOC(=O)CCCCCN1C(=O)c2ccccc2C1=O. The number of unbranched alkanes of at least 4 members (excludes halogenated alkanes) is 4. The smallest absolute Gasteiger partial charge is 0.306 e. The van der Waals surface area contributed by atoms with Gasteiger partial charge in [-0.15, -0.1) is 12.8 Å². The van der Waals surface area contributed by atoms with E-state index in [1.165, 1.54) is 4.90 Å². The Kier molecular flexibility index (Phi) is 14.8. The molecule has 0 saturated carbocycles. The molecule has 1 aliphatic rings. The normalized spacial score (nSPS) is 11.6. The van der Waals surface area contributed by atoms with Crippen molar-refractivity contribution in [2.24, 2.45) is 0 Å². The maximum atomic E-state index is 12.1. The van der Waals surface area contributed by atoms with Crippen LogP contribution in [0.2, 0.25) is 0 Å². The molecular formula is C26H30BrNO6. The molecule has 182 valence electrons. The van der Waals surface area contributed by atoms with Crippen molar-refractivity contribution in [2.45, 2.75) is 51.4 Å². The summed E-state index contributed by atoms with van der Waals surface area (Å²) in [5.74, 6) is 3.48. The third kappa shape index (κ3) is 10.7. The average molecular weight is 532 g/mol. The Balaban J connectivity index is 0.000000411. The highest BCUT2D eigenvalue weighted by molar-refractivity contribution is 9.09. The Morgan fingerprint density at radius 2 is 1.26 bits per heavy atom. The van der Waals surface area contributed by atoms with Crippen LogP contribution in [0.5, 0.6) is 0 Å². The van der Waals surface area contributed by atoms with Gasteiger partial charge < -0.3 is 9.47 Å². The number of imide groups is 1. The molecule has 2 rings (SSSR count). The average Bonchev–Trinajstić information content (AvgIpc) is 3.09. The summed E-state index contributed by atoms with van der Waals surface area (Å²) in [5.41, 5.74) is 0.927. The monoisotopic (exact) mass is 531 g/mol. The van der Waals surface area contributed by atoms with Crippen LogP contribution in [0.25, 0.3) is 0 Å². The molecule has 34 heavy (non-hydrogen) atoms. The van der Waals surface area contributed by atoms with E-state index in [-0.39, 0.29) is 37.0 Å². The summed E-state index contributed by atoms with van der Waals surface area (Å²) >= 11 is 3.32. The zero-order valence-electron chi connectivity index (χ0n) is 19.2. The molecule has 1 heterocycles. The first-order chi connectivity index (χ1) is 16.5. The van der Waals surface area contributed by atoms with Crippen molar-refractivity contribution in [3.8, 4) is 24.7 Å². The lowest BCUT2D eigenvalue weighted by Crippen LogP contribution is -2.30. The van der Waals surface area contributed by atoms with Gasteiger partial charge in [-0.3, -0.25) is 24.1 Å². The lowest BCUT2D eigenvalue weighted by atomic mass is 10.1. The second-order valence-corrected chi connectivity index (χ2v) is 8.14. The van der Waals surface area contributed by atoms with Crippen molar-refractivity contribution in [2.75, 3.05) is 25.1 Å². The van der Waals surface area contributed by atoms with Crippen molar-refractivity contribution >= 4 is 39.7 Å². The third-order valence-corrected chi connectivity index (χ3v) is 5.35. The van der Waals surface area contributed by atoms with Crippen molar-refractivity contribution in [3.05, 3.63) is 35.4 Å². The Morgan fingerprint density at radius 1 is 0.794 bits per heavy atom. The first kappa shape index (κ1) is 28.9. The first-order valence-electron chi connectivity index (χ1n) is 11.2. The lowest BCUT2D eigenvalue weighted by Gasteiger charge is -2.13. The topological polar surface area (TPSA) is 90.0 Å². The quantitative estimate of drug-likeness (QED) is 0.125. The fourth-order valence-corrected chi connectivity index (χ4v) is 3.48. The zero-order chi connectivity index (χ0) is 25.2. The molecule has 0 bridgehead atoms. The molecule has 2 amide bonds. The molecule has 0 aliphatic carbocycles. The number of alkyl halides is 1. The van der Waals surface area contributed by atoms with Crippen LogP contribution in [0.4, 0.5) is 0 Å². The van der Waals surface area contributed by atoms with E-state index >= 15 is 0 Å². The maximum Gasteiger partial charge on any atom is 0.306 e. The van der Waals surface area contributed by atoms with Crippen LogP contribution in [0.1, 0.15) is 72.1 Å². The van der Waals surface area contributed by atoms with Crippen LogP contribution in [-0.4, -0.2) is 53.7 Å². The van der Waals surface area contributed by atoms with Crippen LogP contribution < -0.4 is 0 Å². The summed E-state index contributed by atoms with van der Waals surface area (Å²) in [4.78, 5) is 47.6. The first-order valence-corrected chi connectivity index (χ1v) is 12.3. The Bertz CT molecular complexity index is 880. The number of fused-ring (bicyclic) bond motifs is 1. The number of benzene rings is 1. The van der Waals surface area contributed by atoms with Gasteiger partial charge in [-0.25, -0.2) is 0 Å². The highest BCUT2D eigenvalue weighted by atomic mass is 79.9. The molecular weight excluding hydrogens is 502 g/mol. The van der Waals surface area contributed by atoms with Crippen LogP contribution in [-0.2, 0) is 19.1 Å². The molecule has 8 heteroatoms. The van der Waals surface area contributed by atoms with Crippen LogP contribution in [0.3, 0.4) is 0 Å². The second-order valence-electron chi connectivity index (χ2n) is 7.35. The van der Waals surface area contributed by atoms with Gasteiger partial charge in [-0.05, 0) is 37.8 Å². The number of carbonyl (C=O) groups excluding carboxylic acids is 4. The van der Waals surface area contributed by atoms with E-state index in [0.717, 1.165) is 31.0 Å². The van der Waals surface area contributed by atoms with E-state index in [0.29, 0.717) is 43.4 Å². The van der Waals surface area contributed by atoms with Gasteiger partial charge in [0.25, 0.3) is 11.8 Å². The summed E-state index contributed by atoms with van der Waals surface area (Å²) in [7, 11) is 0. The van der Waals surface area contributed by atoms with Gasteiger partial charge in [-0.2, -0.15) is 0 Å². The van der Waals surface area contributed by atoms with Crippen LogP contribution in [0.15, 0.2) is 24.3 Å². The number of terminal acetylenes is 2. The van der Waals surface area contributed by atoms with E-state index in [1.807, 2.05) is 0 Å². The molecule has 0 unspecified atom stereocenters. The molecule has 7 nitrogen and oxygen atoms in total. The van der Waals surface area contributed by atoms with E-state index in [2.05, 4.69) is 32.5 Å². The van der Waals surface area contributed by atoms with Gasteiger partial charge >= 0.3 is 11.9 Å². The zero-order valence-corrected chi connectivity index (χ0v) is 20.8. The van der Waals surface area contributed by atoms with Crippen LogP contribution >= 0.6 is 15.9 Å². The molecule has 1 aromatic carbocycles. The van der Waals surface area contributed by atoms with Gasteiger partial charge in [0.15, 0.2) is 13.2 Å². The van der Waals surface area contributed by atoms with Gasteiger partial charge in [0, 0.05) is 24.7 Å². The number of esters is 2. The third-order valence-electron chi connectivity index (χ3n) is 4.79. The number of carbonyl (C=O) groups is 4. The Labute approximate surface area is 209 Å². The minimum absolute atomic E-state index is 0.00608. The Morgan fingerprint density at radius 3 is 1.71 bits per heavy atom. The number of nitrogens with zero attached hydrogens (tertiary/aromatic N) is 1. The molecule has 0 fully saturated rings. The molecule has 1 aromatic rings. The van der Waals surface area contributed by atoms with Crippen molar-refractivity contribution in [1.82, 2.24) is 4.90 Å². The number of ether oxygens (including phenoxy) is 2. The van der Waals surface area contributed by atoms with Crippen molar-refractivity contribution in [3.63, 3.8) is 0 Å². The van der Waals surface area contributed by atoms with Gasteiger partial charge in [-0.1, -0.05) is 52.7 Å². The lowest BCUT2D eigenvalue weighted by molar-refractivity contribution is -0.143.